The number of rotatable bonds is 4. The van der Waals surface area contributed by atoms with Crippen LogP contribution in [0.2, 0.25) is 0 Å². The zero-order valence-electron chi connectivity index (χ0n) is 8.87. The summed E-state index contributed by atoms with van der Waals surface area (Å²) in [7, 11) is 2.00. The lowest BCUT2D eigenvalue weighted by molar-refractivity contribution is 0.648. The Morgan fingerprint density at radius 3 is 2.43 bits per heavy atom. The van der Waals surface area contributed by atoms with E-state index < -0.39 is 0 Å². The van der Waals surface area contributed by atoms with Crippen molar-refractivity contribution in [2.45, 2.75) is 32.2 Å². The number of hydrogen-bond donors (Lipinski definition) is 0. The number of aromatic nitrogens is 2. The summed E-state index contributed by atoms with van der Waals surface area (Å²) >= 11 is 5.66. The van der Waals surface area contributed by atoms with Crippen molar-refractivity contribution in [3.8, 4) is 0 Å². The molecule has 0 bridgehead atoms. The topological polar surface area (TPSA) is 29.0 Å². The Balaban J connectivity index is 2.75. The van der Waals surface area contributed by atoms with Gasteiger partial charge in [0.15, 0.2) is 0 Å². The highest BCUT2D eigenvalue weighted by molar-refractivity contribution is 6.17. The fraction of sp³-hybridized carbons (Fsp3) is 0.600. The zero-order chi connectivity index (χ0) is 10.6. The molecule has 0 saturated carbocycles. The standard InChI is InChI=1S/C10H16ClN3/c1-4-8(2)14(3)10-12-6-9(5-11)7-13-10/h6-8H,4-5H2,1-3H3. The molecular weight excluding hydrogens is 198 g/mol. The van der Waals surface area contributed by atoms with Crippen LogP contribution in [0.5, 0.6) is 0 Å². The maximum absolute atomic E-state index is 5.66. The highest BCUT2D eigenvalue weighted by atomic mass is 35.5. The lowest BCUT2D eigenvalue weighted by atomic mass is 10.2. The minimum absolute atomic E-state index is 0.455. The van der Waals surface area contributed by atoms with E-state index in [2.05, 4.69) is 28.7 Å². The van der Waals surface area contributed by atoms with Crippen LogP contribution in [-0.4, -0.2) is 23.1 Å². The second-order valence-corrected chi connectivity index (χ2v) is 3.66. The zero-order valence-corrected chi connectivity index (χ0v) is 9.62. The van der Waals surface area contributed by atoms with Gasteiger partial charge in [-0.15, -0.1) is 11.6 Å². The quantitative estimate of drug-likeness (QED) is 0.720. The van der Waals surface area contributed by atoms with Crippen LogP contribution < -0.4 is 4.90 Å². The third kappa shape index (κ3) is 2.58. The first-order chi connectivity index (χ1) is 6.69. The van der Waals surface area contributed by atoms with Gasteiger partial charge >= 0.3 is 0 Å². The lowest BCUT2D eigenvalue weighted by Crippen LogP contribution is -2.29. The molecule has 1 aromatic heterocycles. The van der Waals surface area contributed by atoms with Crippen LogP contribution in [0.25, 0.3) is 0 Å². The first kappa shape index (κ1) is 11.2. The molecule has 0 saturated heterocycles. The van der Waals surface area contributed by atoms with Crippen molar-refractivity contribution in [2.75, 3.05) is 11.9 Å². The maximum atomic E-state index is 5.66. The fourth-order valence-corrected chi connectivity index (χ4v) is 1.21. The molecule has 78 valence electrons. The predicted molar refractivity (Wildman–Crippen MR) is 59.7 cm³/mol. The van der Waals surface area contributed by atoms with E-state index in [4.69, 9.17) is 11.6 Å². The fourth-order valence-electron chi connectivity index (χ4n) is 1.07. The Bertz CT molecular complexity index is 273. The average Bonchev–Trinajstić information content (AvgIpc) is 2.27. The van der Waals surface area contributed by atoms with Crippen molar-refractivity contribution in [1.29, 1.82) is 0 Å². The van der Waals surface area contributed by atoms with Crippen molar-refractivity contribution < 1.29 is 0 Å². The summed E-state index contributed by atoms with van der Waals surface area (Å²) in [5.41, 5.74) is 0.952. The summed E-state index contributed by atoms with van der Waals surface area (Å²) in [5, 5.41) is 0. The third-order valence-electron chi connectivity index (χ3n) is 2.41. The minimum Gasteiger partial charge on any atom is -0.341 e. The van der Waals surface area contributed by atoms with E-state index in [9.17, 15) is 0 Å². The summed E-state index contributed by atoms with van der Waals surface area (Å²) in [4.78, 5) is 10.6. The molecule has 0 aliphatic heterocycles. The molecule has 0 fully saturated rings. The van der Waals surface area contributed by atoms with Crippen LogP contribution in [-0.2, 0) is 5.88 Å². The normalized spacial score (nSPS) is 12.6. The number of hydrogen-bond acceptors (Lipinski definition) is 3. The van der Waals surface area contributed by atoms with Gasteiger partial charge in [-0.2, -0.15) is 0 Å². The molecular formula is C10H16ClN3. The van der Waals surface area contributed by atoms with Crippen molar-refractivity contribution in [1.82, 2.24) is 9.97 Å². The molecule has 0 aliphatic rings. The summed E-state index contributed by atoms with van der Waals surface area (Å²) in [6.07, 6.45) is 4.62. The summed E-state index contributed by atoms with van der Waals surface area (Å²) in [6.45, 7) is 4.30. The predicted octanol–water partition coefficient (Wildman–Crippen LogP) is 2.45. The van der Waals surface area contributed by atoms with Gasteiger partial charge in [-0.05, 0) is 13.3 Å². The molecule has 1 atom stereocenters. The SMILES string of the molecule is CCC(C)N(C)c1ncc(CCl)cn1. The minimum atomic E-state index is 0.455. The molecule has 1 unspecified atom stereocenters. The largest absolute Gasteiger partial charge is 0.341 e. The van der Waals surface area contributed by atoms with E-state index in [-0.39, 0.29) is 0 Å². The summed E-state index contributed by atoms with van der Waals surface area (Å²) in [6, 6.07) is 0.455. The second-order valence-electron chi connectivity index (χ2n) is 3.39. The van der Waals surface area contributed by atoms with Gasteiger partial charge < -0.3 is 4.90 Å². The Hall–Kier alpha value is -0.830. The molecule has 1 heterocycles. The van der Waals surface area contributed by atoms with Gasteiger partial charge in [0.2, 0.25) is 5.95 Å². The van der Waals surface area contributed by atoms with E-state index in [1.807, 2.05) is 7.05 Å². The molecule has 4 heteroatoms. The van der Waals surface area contributed by atoms with Gasteiger partial charge in [0, 0.05) is 31.0 Å². The van der Waals surface area contributed by atoms with Crippen LogP contribution in [0, 0.1) is 0 Å². The summed E-state index contributed by atoms with van der Waals surface area (Å²) in [5.74, 6) is 1.22. The van der Waals surface area contributed by atoms with Crippen LogP contribution in [0.4, 0.5) is 5.95 Å². The van der Waals surface area contributed by atoms with Crippen molar-refractivity contribution in [3.63, 3.8) is 0 Å². The molecule has 14 heavy (non-hydrogen) atoms. The molecule has 0 N–H and O–H groups in total. The molecule has 0 amide bonds. The van der Waals surface area contributed by atoms with Gasteiger partial charge in [0.1, 0.15) is 0 Å². The molecule has 0 spiro atoms. The van der Waals surface area contributed by atoms with Crippen LogP contribution in [0.15, 0.2) is 12.4 Å². The van der Waals surface area contributed by atoms with Gasteiger partial charge in [0.25, 0.3) is 0 Å². The number of alkyl halides is 1. The van der Waals surface area contributed by atoms with Crippen molar-refractivity contribution in [2.24, 2.45) is 0 Å². The Labute approximate surface area is 90.1 Å². The number of nitrogens with zero attached hydrogens (tertiary/aromatic N) is 3. The molecule has 3 nitrogen and oxygen atoms in total. The van der Waals surface area contributed by atoms with Crippen molar-refractivity contribution >= 4 is 17.5 Å². The van der Waals surface area contributed by atoms with Gasteiger partial charge in [-0.25, -0.2) is 9.97 Å². The Morgan fingerprint density at radius 2 is 2.00 bits per heavy atom. The van der Waals surface area contributed by atoms with E-state index in [1.54, 1.807) is 12.4 Å². The van der Waals surface area contributed by atoms with Crippen LogP contribution in [0.3, 0.4) is 0 Å². The van der Waals surface area contributed by atoms with E-state index in [1.165, 1.54) is 0 Å². The first-order valence-corrected chi connectivity index (χ1v) is 5.32. The molecule has 1 rings (SSSR count). The molecule has 0 aliphatic carbocycles. The molecule has 1 aromatic rings. The highest BCUT2D eigenvalue weighted by Crippen LogP contribution is 2.11. The monoisotopic (exact) mass is 213 g/mol. The Morgan fingerprint density at radius 1 is 1.43 bits per heavy atom. The van der Waals surface area contributed by atoms with Crippen LogP contribution >= 0.6 is 11.6 Å². The molecule has 0 radical (unpaired) electrons. The van der Waals surface area contributed by atoms with E-state index >= 15 is 0 Å². The average molecular weight is 214 g/mol. The van der Waals surface area contributed by atoms with Gasteiger partial charge in [-0.1, -0.05) is 6.92 Å². The number of halogens is 1. The van der Waals surface area contributed by atoms with E-state index in [0.29, 0.717) is 11.9 Å². The second kappa shape index (κ2) is 5.15. The molecule has 0 aromatic carbocycles. The maximum Gasteiger partial charge on any atom is 0.225 e. The lowest BCUT2D eigenvalue weighted by Gasteiger charge is -2.23. The highest BCUT2D eigenvalue weighted by Gasteiger charge is 2.09. The van der Waals surface area contributed by atoms with Crippen LogP contribution in [0.1, 0.15) is 25.8 Å². The Kier molecular flexibility index (Phi) is 4.14. The summed E-state index contributed by atoms with van der Waals surface area (Å²) < 4.78 is 0. The smallest absolute Gasteiger partial charge is 0.225 e. The third-order valence-corrected chi connectivity index (χ3v) is 2.72. The van der Waals surface area contributed by atoms with Gasteiger partial charge in [0.05, 0.1) is 5.88 Å². The van der Waals surface area contributed by atoms with E-state index in [0.717, 1.165) is 17.9 Å². The van der Waals surface area contributed by atoms with Gasteiger partial charge in [-0.3, -0.25) is 0 Å². The van der Waals surface area contributed by atoms with Crippen molar-refractivity contribution in [3.05, 3.63) is 18.0 Å². The first-order valence-electron chi connectivity index (χ1n) is 4.78. The number of anilines is 1.